The molecule has 6 heteroatoms. The third kappa shape index (κ3) is 3.40. The predicted octanol–water partition coefficient (Wildman–Crippen LogP) is 2.38. The molecule has 2 atom stereocenters. The van der Waals surface area contributed by atoms with Crippen LogP contribution in [0.5, 0.6) is 0 Å². The maximum absolute atomic E-state index is 13.0. The molecule has 2 unspecified atom stereocenters. The molecule has 0 aromatic heterocycles. The van der Waals surface area contributed by atoms with Gasteiger partial charge in [0, 0.05) is 6.04 Å². The van der Waals surface area contributed by atoms with E-state index >= 15 is 0 Å². The summed E-state index contributed by atoms with van der Waals surface area (Å²) in [6.07, 6.45) is 0.345. The van der Waals surface area contributed by atoms with E-state index in [1.807, 2.05) is 0 Å². The molecule has 0 heterocycles. The van der Waals surface area contributed by atoms with E-state index in [2.05, 4.69) is 0 Å². The Labute approximate surface area is 106 Å². The van der Waals surface area contributed by atoms with Crippen LogP contribution < -0.4 is 5.73 Å². The van der Waals surface area contributed by atoms with Gasteiger partial charge in [0.25, 0.3) is 0 Å². The molecule has 0 aliphatic heterocycles. The molecule has 0 saturated heterocycles. The van der Waals surface area contributed by atoms with Gasteiger partial charge in [0.2, 0.25) is 0 Å². The van der Waals surface area contributed by atoms with E-state index < -0.39 is 20.9 Å². The quantitative estimate of drug-likeness (QED) is 0.861. The monoisotopic (exact) mass is 279 g/mol. The molecule has 17 heavy (non-hydrogen) atoms. The Hall–Kier alpha value is -0.650. The molecule has 0 amide bonds. The van der Waals surface area contributed by atoms with Gasteiger partial charge in [-0.05, 0) is 38.5 Å². The van der Waals surface area contributed by atoms with Gasteiger partial charge in [-0.2, -0.15) is 0 Å². The number of rotatable bonds is 4. The average molecular weight is 280 g/mol. The van der Waals surface area contributed by atoms with Gasteiger partial charge in [-0.3, -0.25) is 0 Å². The van der Waals surface area contributed by atoms with Crippen LogP contribution in [0.3, 0.4) is 0 Å². The minimum atomic E-state index is -3.50. The molecule has 2 N–H and O–H groups in total. The number of halogens is 2. The molecule has 0 aliphatic carbocycles. The Bertz CT molecular complexity index is 502. The molecule has 1 aromatic carbocycles. The van der Waals surface area contributed by atoms with Crippen LogP contribution in [0.15, 0.2) is 23.1 Å². The number of benzene rings is 1. The number of sulfone groups is 1. The van der Waals surface area contributed by atoms with Gasteiger partial charge in [0.1, 0.15) is 5.82 Å². The molecule has 0 bridgehead atoms. The lowest BCUT2D eigenvalue weighted by atomic mass is 10.2. The number of nitrogens with two attached hydrogens (primary N) is 1. The van der Waals surface area contributed by atoms with Gasteiger partial charge in [-0.15, -0.1) is 0 Å². The first-order valence-electron chi connectivity index (χ1n) is 5.19. The van der Waals surface area contributed by atoms with Gasteiger partial charge in [0.15, 0.2) is 9.84 Å². The van der Waals surface area contributed by atoms with E-state index in [-0.39, 0.29) is 16.0 Å². The summed E-state index contributed by atoms with van der Waals surface area (Å²) in [5, 5.41) is -0.817. The summed E-state index contributed by atoms with van der Waals surface area (Å²) >= 11 is 5.57. The molecule has 0 saturated carbocycles. The van der Waals surface area contributed by atoms with Crippen molar-refractivity contribution in [3.8, 4) is 0 Å². The van der Waals surface area contributed by atoms with Crippen LogP contribution in [0.25, 0.3) is 0 Å². The van der Waals surface area contributed by atoms with Gasteiger partial charge in [-0.1, -0.05) is 11.6 Å². The lowest BCUT2D eigenvalue weighted by molar-refractivity contribution is 0.562. The summed E-state index contributed by atoms with van der Waals surface area (Å²) in [6, 6.07) is 3.18. The zero-order valence-corrected chi connectivity index (χ0v) is 11.2. The zero-order valence-electron chi connectivity index (χ0n) is 9.65. The first kappa shape index (κ1) is 14.4. The van der Waals surface area contributed by atoms with Gasteiger partial charge in [-0.25, -0.2) is 12.8 Å². The van der Waals surface area contributed by atoms with Crippen molar-refractivity contribution in [2.45, 2.75) is 36.5 Å². The van der Waals surface area contributed by atoms with Crippen molar-refractivity contribution >= 4 is 21.4 Å². The summed E-state index contributed by atoms with van der Waals surface area (Å²) in [4.78, 5) is 0.0250. The number of hydrogen-bond donors (Lipinski definition) is 1. The summed E-state index contributed by atoms with van der Waals surface area (Å²) in [6.45, 7) is 3.32. The predicted molar refractivity (Wildman–Crippen MR) is 66.3 cm³/mol. The molecule has 0 aliphatic rings. The maximum atomic E-state index is 13.0. The maximum Gasteiger partial charge on any atom is 0.181 e. The van der Waals surface area contributed by atoms with Crippen LogP contribution in [0, 0.1) is 5.82 Å². The van der Waals surface area contributed by atoms with Crippen LogP contribution in [0.1, 0.15) is 20.3 Å². The van der Waals surface area contributed by atoms with Crippen LogP contribution in [0.2, 0.25) is 5.02 Å². The second-order valence-corrected chi connectivity index (χ2v) is 6.92. The van der Waals surface area contributed by atoms with Crippen LogP contribution in [-0.4, -0.2) is 19.7 Å². The topological polar surface area (TPSA) is 60.2 Å². The largest absolute Gasteiger partial charge is 0.328 e. The van der Waals surface area contributed by atoms with Crippen molar-refractivity contribution in [1.29, 1.82) is 0 Å². The summed E-state index contributed by atoms with van der Waals surface area (Å²) < 4.78 is 37.1. The van der Waals surface area contributed by atoms with E-state index in [1.54, 1.807) is 13.8 Å². The van der Waals surface area contributed by atoms with Gasteiger partial charge >= 0.3 is 0 Å². The highest BCUT2D eigenvalue weighted by molar-refractivity contribution is 7.92. The molecular weight excluding hydrogens is 265 g/mol. The Morgan fingerprint density at radius 2 is 2.00 bits per heavy atom. The lowest BCUT2D eigenvalue weighted by Crippen LogP contribution is -2.27. The van der Waals surface area contributed by atoms with Crippen LogP contribution in [0.4, 0.5) is 4.39 Å². The van der Waals surface area contributed by atoms with Crippen molar-refractivity contribution < 1.29 is 12.8 Å². The average Bonchev–Trinajstić information content (AvgIpc) is 2.20. The molecule has 96 valence electrons. The molecule has 0 radical (unpaired) electrons. The third-order valence-electron chi connectivity index (χ3n) is 2.45. The Balaban J connectivity index is 3.09. The fourth-order valence-corrected chi connectivity index (χ4v) is 3.34. The lowest BCUT2D eigenvalue weighted by Gasteiger charge is -2.15. The second kappa shape index (κ2) is 5.33. The Kier molecular flexibility index (Phi) is 4.52. The minimum absolute atomic E-state index is 0.0250. The van der Waals surface area contributed by atoms with Gasteiger partial charge < -0.3 is 5.73 Å². The fraction of sp³-hybridized carbons (Fsp3) is 0.455. The van der Waals surface area contributed by atoms with Crippen LogP contribution in [-0.2, 0) is 9.84 Å². The molecule has 1 rings (SSSR count). The first-order valence-corrected chi connectivity index (χ1v) is 7.12. The molecule has 3 nitrogen and oxygen atoms in total. The van der Waals surface area contributed by atoms with E-state index in [0.29, 0.717) is 6.42 Å². The van der Waals surface area contributed by atoms with Crippen molar-refractivity contribution in [2.75, 3.05) is 0 Å². The van der Waals surface area contributed by atoms with E-state index in [4.69, 9.17) is 17.3 Å². The van der Waals surface area contributed by atoms with E-state index in [0.717, 1.165) is 12.1 Å². The smallest absolute Gasteiger partial charge is 0.181 e. The Morgan fingerprint density at radius 1 is 1.41 bits per heavy atom. The zero-order chi connectivity index (χ0) is 13.2. The highest BCUT2D eigenvalue weighted by Crippen LogP contribution is 2.23. The van der Waals surface area contributed by atoms with E-state index in [9.17, 15) is 12.8 Å². The van der Waals surface area contributed by atoms with Crippen molar-refractivity contribution in [1.82, 2.24) is 0 Å². The molecule has 0 fully saturated rings. The SMILES string of the molecule is CC(N)CC(C)S(=O)(=O)c1ccc(F)c(Cl)c1. The van der Waals surface area contributed by atoms with Crippen molar-refractivity contribution in [3.05, 3.63) is 29.0 Å². The summed E-state index contributed by atoms with van der Waals surface area (Å²) in [5.74, 6) is -0.634. The summed E-state index contributed by atoms with van der Waals surface area (Å²) in [5.41, 5.74) is 5.57. The fourth-order valence-electron chi connectivity index (χ4n) is 1.54. The standard InChI is InChI=1S/C11H15ClFNO2S/c1-7(14)5-8(2)17(15,16)9-3-4-11(13)10(12)6-9/h3-4,6-8H,5,14H2,1-2H3. The molecular formula is C11H15ClFNO2S. The molecule has 0 spiro atoms. The second-order valence-electron chi connectivity index (χ2n) is 4.14. The van der Waals surface area contributed by atoms with Crippen molar-refractivity contribution in [3.63, 3.8) is 0 Å². The highest BCUT2D eigenvalue weighted by atomic mass is 35.5. The summed E-state index contributed by atoms with van der Waals surface area (Å²) in [7, 11) is -3.50. The molecule has 1 aromatic rings. The van der Waals surface area contributed by atoms with Gasteiger partial charge in [0.05, 0.1) is 15.2 Å². The highest BCUT2D eigenvalue weighted by Gasteiger charge is 2.24. The minimum Gasteiger partial charge on any atom is -0.328 e. The third-order valence-corrected chi connectivity index (χ3v) is 4.91. The van der Waals surface area contributed by atoms with Crippen molar-refractivity contribution in [2.24, 2.45) is 5.73 Å². The van der Waals surface area contributed by atoms with Crippen LogP contribution >= 0.6 is 11.6 Å². The number of hydrogen-bond acceptors (Lipinski definition) is 3. The Morgan fingerprint density at radius 3 is 2.47 bits per heavy atom. The normalized spacial score (nSPS) is 15.6. The first-order chi connectivity index (χ1) is 7.75. The van der Waals surface area contributed by atoms with E-state index in [1.165, 1.54) is 6.07 Å².